The van der Waals surface area contributed by atoms with E-state index < -0.39 is 5.97 Å². The summed E-state index contributed by atoms with van der Waals surface area (Å²) in [5, 5.41) is 13.7. The molecule has 0 aliphatic heterocycles. The van der Waals surface area contributed by atoms with Crippen LogP contribution in [0.3, 0.4) is 0 Å². The minimum atomic E-state index is -1.11. The molecular formula is C10H11N5O2S. The van der Waals surface area contributed by atoms with Crippen LogP contribution in [-0.2, 0) is 0 Å². The van der Waals surface area contributed by atoms with Gasteiger partial charge in [0.15, 0.2) is 0 Å². The SMILES string of the molecule is CCSc1nn(-c2ncccn2)c(N)c1C(=O)O. The van der Waals surface area contributed by atoms with Gasteiger partial charge in [0.25, 0.3) is 5.95 Å². The number of anilines is 1. The molecule has 0 aliphatic carbocycles. The highest BCUT2D eigenvalue weighted by atomic mass is 32.2. The van der Waals surface area contributed by atoms with Gasteiger partial charge in [-0.05, 0) is 11.8 Å². The van der Waals surface area contributed by atoms with E-state index in [1.54, 1.807) is 6.07 Å². The molecule has 8 heteroatoms. The quantitative estimate of drug-likeness (QED) is 0.796. The maximum absolute atomic E-state index is 11.2. The lowest BCUT2D eigenvalue weighted by atomic mass is 10.3. The molecule has 7 nitrogen and oxygen atoms in total. The Balaban J connectivity index is 2.57. The predicted molar refractivity (Wildman–Crippen MR) is 66.9 cm³/mol. The van der Waals surface area contributed by atoms with Crippen LogP contribution in [0.5, 0.6) is 0 Å². The van der Waals surface area contributed by atoms with Gasteiger partial charge in [0.1, 0.15) is 16.4 Å². The first-order chi connectivity index (χ1) is 8.65. The van der Waals surface area contributed by atoms with Gasteiger partial charge in [-0.2, -0.15) is 9.78 Å². The summed E-state index contributed by atoms with van der Waals surface area (Å²) in [5.74, 6) is -0.123. The van der Waals surface area contributed by atoms with Crippen LogP contribution >= 0.6 is 11.8 Å². The van der Waals surface area contributed by atoms with E-state index in [1.807, 2.05) is 6.92 Å². The van der Waals surface area contributed by atoms with Crippen LogP contribution in [-0.4, -0.2) is 36.6 Å². The van der Waals surface area contributed by atoms with Gasteiger partial charge in [-0.1, -0.05) is 6.92 Å². The van der Waals surface area contributed by atoms with Crippen molar-refractivity contribution < 1.29 is 9.90 Å². The Morgan fingerprint density at radius 3 is 2.72 bits per heavy atom. The molecule has 2 aromatic rings. The van der Waals surface area contributed by atoms with Crippen LogP contribution in [0, 0.1) is 0 Å². The van der Waals surface area contributed by atoms with Crippen molar-refractivity contribution in [2.45, 2.75) is 11.9 Å². The molecule has 94 valence electrons. The number of nitrogen functional groups attached to an aromatic ring is 1. The molecule has 0 amide bonds. The second-order valence-electron chi connectivity index (χ2n) is 3.26. The second kappa shape index (κ2) is 5.05. The summed E-state index contributed by atoms with van der Waals surface area (Å²) in [4.78, 5) is 19.2. The fourth-order valence-electron chi connectivity index (χ4n) is 1.40. The van der Waals surface area contributed by atoms with Gasteiger partial charge in [-0.15, -0.1) is 11.8 Å². The van der Waals surface area contributed by atoms with Crippen molar-refractivity contribution in [2.75, 3.05) is 11.5 Å². The average Bonchev–Trinajstić information content (AvgIpc) is 2.68. The van der Waals surface area contributed by atoms with E-state index in [9.17, 15) is 4.79 Å². The summed E-state index contributed by atoms with van der Waals surface area (Å²) < 4.78 is 1.24. The monoisotopic (exact) mass is 265 g/mol. The van der Waals surface area contributed by atoms with Crippen molar-refractivity contribution in [1.82, 2.24) is 19.7 Å². The normalized spacial score (nSPS) is 10.5. The highest BCUT2D eigenvalue weighted by molar-refractivity contribution is 7.99. The van der Waals surface area contributed by atoms with Crippen LogP contribution in [0.2, 0.25) is 0 Å². The summed E-state index contributed by atoms with van der Waals surface area (Å²) in [6.07, 6.45) is 3.08. The molecule has 0 spiro atoms. The van der Waals surface area contributed by atoms with E-state index in [0.717, 1.165) is 0 Å². The molecule has 2 rings (SSSR count). The fraction of sp³-hybridized carbons (Fsp3) is 0.200. The van der Waals surface area contributed by atoms with Crippen LogP contribution in [0.4, 0.5) is 5.82 Å². The van der Waals surface area contributed by atoms with E-state index in [2.05, 4.69) is 15.1 Å². The lowest BCUT2D eigenvalue weighted by Gasteiger charge is -2.00. The Kier molecular flexibility index (Phi) is 3.47. The first-order valence-corrected chi connectivity index (χ1v) is 6.15. The first-order valence-electron chi connectivity index (χ1n) is 5.17. The summed E-state index contributed by atoms with van der Waals surface area (Å²) in [7, 11) is 0. The number of hydrogen-bond donors (Lipinski definition) is 2. The molecule has 0 saturated heterocycles. The zero-order chi connectivity index (χ0) is 13.1. The highest BCUT2D eigenvalue weighted by Gasteiger charge is 2.23. The number of carboxylic acids is 1. The number of aromatic carboxylic acids is 1. The van der Waals surface area contributed by atoms with Gasteiger partial charge in [0.05, 0.1) is 0 Å². The van der Waals surface area contributed by atoms with Gasteiger partial charge in [0, 0.05) is 12.4 Å². The third-order valence-corrected chi connectivity index (χ3v) is 2.97. The van der Waals surface area contributed by atoms with Gasteiger partial charge in [-0.3, -0.25) is 0 Å². The minimum Gasteiger partial charge on any atom is -0.477 e. The van der Waals surface area contributed by atoms with Crippen molar-refractivity contribution in [3.63, 3.8) is 0 Å². The zero-order valence-corrected chi connectivity index (χ0v) is 10.4. The van der Waals surface area contributed by atoms with Crippen molar-refractivity contribution in [2.24, 2.45) is 0 Å². The standard InChI is InChI=1S/C10H11N5O2S/c1-2-18-8-6(9(16)17)7(11)15(14-8)10-12-4-3-5-13-10/h3-5H,2,11H2,1H3,(H,16,17). The van der Waals surface area contributed by atoms with Crippen molar-refractivity contribution in [3.8, 4) is 5.95 Å². The molecule has 0 fully saturated rings. The van der Waals surface area contributed by atoms with Crippen LogP contribution in [0.15, 0.2) is 23.5 Å². The lowest BCUT2D eigenvalue weighted by Crippen LogP contribution is -2.08. The highest BCUT2D eigenvalue weighted by Crippen LogP contribution is 2.27. The summed E-state index contributed by atoms with van der Waals surface area (Å²) >= 11 is 1.31. The number of rotatable bonds is 4. The Morgan fingerprint density at radius 1 is 1.50 bits per heavy atom. The lowest BCUT2D eigenvalue weighted by molar-refractivity contribution is 0.0694. The molecule has 0 atom stereocenters. The Hall–Kier alpha value is -2.09. The molecule has 0 radical (unpaired) electrons. The van der Waals surface area contributed by atoms with Crippen LogP contribution < -0.4 is 5.73 Å². The van der Waals surface area contributed by atoms with Crippen molar-refractivity contribution in [1.29, 1.82) is 0 Å². The zero-order valence-electron chi connectivity index (χ0n) is 9.57. The third kappa shape index (κ3) is 2.14. The smallest absolute Gasteiger partial charge is 0.342 e. The number of aromatic nitrogens is 4. The third-order valence-electron chi connectivity index (χ3n) is 2.13. The van der Waals surface area contributed by atoms with Crippen molar-refractivity contribution in [3.05, 3.63) is 24.0 Å². The number of carbonyl (C=O) groups is 1. The molecule has 0 bridgehead atoms. The molecule has 0 saturated carbocycles. The number of nitrogens with two attached hydrogens (primary N) is 1. The Morgan fingerprint density at radius 2 is 2.17 bits per heavy atom. The van der Waals surface area contributed by atoms with E-state index in [-0.39, 0.29) is 17.3 Å². The van der Waals surface area contributed by atoms with Gasteiger partial charge < -0.3 is 10.8 Å². The molecule has 3 N–H and O–H groups in total. The van der Waals surface area contributed by atoms with E-state index in [0.29, 0.717) is 10.8 Å². The number of nitrogens with zero attached hydrogens (tertiary/aromatic N) is 4. The Bertz CT molecular complexity index is 569. The predicted octanol–water partition coefficient (Wildman–Crippen LogP) is 1.05. The molecule has 0 unspecified atom stereocenters. The minimum absolute atomic E-state index is 0.00527. The van der Waals surface area contributed by atoms with Crippen molar-refractivity contribution >= 4 is 23.5 Å². The molecule has 18 heavy (non-hydrogen) atoms. The number of hydrogen-bond acceptors (Lipinski definition) is 6. The number of carboxylic acid groups (broad SMARTS) is 1. The summed E-state index contributed by atoms with van der Waals surface area (Å²) in [6.45, 7) is 1.91. The van der Waals surface area contributed by atoms with E-state index in [4.69, 9.17) is 10.8 Å². The van der Waals surface area contributed by atoms with Crippen LogP contribution in [0.25, 0.3) is 5.95 Å². The maximum Gasteiger partial charge on any atom is 0.342 e. The summed E-state index contributed by atoms with van der Waals surface area (Å²) in [5.41, 5.74) is 5.79. The molecule has 0 aromatic carbocycles. The van der Waals surface area contributed by atoms with Crippen LogP contribution in [0.1, 0.15) is 17.3 Å². The first kappa shape index (κ1) is 12.4. The van der Waals surface area contributed by atoms with E-state index in [1.165, 1.54) is 28.8 Å². The Labute approximate surface area is 107 Å². The maximum atomic E-state index is 11.2. The second-order valence-corrected chi connectivity index (χ2v) is 4.52. The fourth-order valence-corrected chi connectivity index (χ4v) is 2.15. The average molecular weight is 265 g/mol. The van der Waals surface area contributed by atoms with E-state index >= 15 is 0 Å². The van der Waals surface area contributed by atoms with Gasteiger partial charge in [0.2, 0.25) is 0 Å². The molecule has 2 aromatic heterocycles. The number of thioether (sulfide) groups is 1. The summed E-state index contributed by atoms with van der Waals surface area (Å²) in [6, 6.07) is 1.66. The molecule has 0 aliphatic rings. The topological polar surface area (TPSA) is 107 Å². The largest absolute Gasteiger partial charge is 0.477 e. The van der Waals surface area contributed by atoms with Gasteiger partial charge in [-0.25, -0.2) is 14.8 Å². The van der Waals surface area contributed by atoms with Gasteiger partial charge >= 0.3 is 5.97 Å². The molecule has 2 heterocycles. The molecular weight excluding hydrogens is 254 g/mol.